The van der Waals surface area contributed by atoms with Crippen LogP contribution in [0.4, 0.5) is 0 Å². The first-order chi connectivity index (χ1) is 11.7. The summed E-state index contributed by atoms with van der Waals surface area (Å²) in [5.41, 5.74) is 0. The molecule has 138 valence electrons. The van der Waals surface area contributed by atoms with Crippen molar-refractivity contribution in [2.45, 2.75) is 63.5 Å². The van der Waals surface area contributed by atoms with Crippen molar-refractivity contribution in [3.63, 3.8) is 0 Å². The first-order valence-electron chi connectivity index (χ1n) is 9.01. The lowest BCUT2D eigenvalue weighted by Gasteiger charge is -2.22. The number of rotatable bonds is 13. The molecule has 1 saturated heterocycles. The number of unbranched alkanes of at least 4 members (excludes halogenated alkanes) is 1. The molecule has 1 N–H and O–H groups in total. The van der Waals surface area contributed by atoms with Crippen LogP contribution >= 0.6 is 21.6 Å². The van der Waals surface area contributed by atoms with Crippen LogP contribution in [-0.2, 0) is 14.3 Å². The van der Waals surface area contributed by atoms with E-state index in [-0.39, 0.29) is 5.91 Å². The third kappa shape index (κ3) is 9.62. The third-order valence-corrected chi connectivity index (χ3v) is 7.22. The molecule has 1 amide bonds. The Morgan fingerprint density at radius 1 is 1.33 bits per heavy atom. The van der Waals surface area contributed by atoms with Gasteiger partial charge in [0.15, 0.2) is 0 Å². The number of esters is 1. The molecule has 1 heterocycles. The molecule has 0 saturated carbocycles. The quantitative estimate of drug-likeness (QED) is 0.225. The minimum atomic E-state index is -0.414. The maximum Gasteiger partial charge on any atom is 0.330 e. The Labute approximate surface area is 154 Å². The van der Waals surface area contributed by atoms with Gasteiger partial charge in [-0.1, -0.05) is 47.9 Å². The van der Waals surface area contributed by atoms with E-state index in [1.807, 2.05) is 10.8 Å². The van der Waals surface area contributed by atoms with Crippen molar-refractivity contribution < 1.29 is 14.3 Å². The highest BCUT2D eigenvalue weighted by atomic mass is 33.1. The minimum Gasteiger partial charge on any atom is -0.462 e. The SMILES string of the molecule is C=CC(=O)OCCCNC(=O)CCCC(CCCC)C1CCSS1. The van der Waals surface area contributed by atoms with E-state index in [2.05, 4.69) is 29.6 Å². The van der Waals surface area contributed by atoms with E-state index in [4.69, 9.17) is 4.74 Å². The molecule has 1 fully saturated rings. The first kappa shape index (κ1) is 21.4. The lowest BCUT2D eigenvalue weighted by Crippen LogP contribution is -2.25. The van der Waals surface area contributed by atoms with E-state index in [1.54, 1.807) is 0 Å². The number of nitrogens with one attached hydrogen (secondary N) is 1. The monoisotopic (exact) mass is 373 g/mol. The van der Waals surface area contributed by atoms with Crippen LogP contribution in [0.15, 0.2) is 12.7 Å². The summed E-state index contributed by atoms with van der Waals surface area (Å²) in [4.78, 5) is 22.7. The average Bonchev–Trinajstić information content (AvgIpc) is 3.11. The van der Waals surface area contributed by atoms with Crippen LogP contribution in [0.2, 0.25) is 0 Å². The zero-order valence-electron chi connectivity index (χ0n) is 14.8. The minimum absolute atomic E-state index is 0.104. The fourth-order valence-corrected chi connectivity index (χ4v) is 6.07. The number of carbonyl (C=O) groups is 2. The van der Waals surface area contributed by atoms with Gasteiger partial charge in [0.1, 0.15) is 0 Å². The summed E-state index contributed by atoms with van der Waals surface area (Å²) >= 11 is 0. The smallest absolute Gasteiger partial charge is 0.330 e. The van der Waals surface area contributed by atoms with Crippen LogP contribution in [0.5, 0.6) is 0 Å². The fourth-order valence-electron chi connectivity index (χ4n) is 2.79. The van der Waals surface area contributed by atoms with Crippen molar-refractivity contribution in [2.75, 3.05) is 18.9 Å². The Morgan fingerprint density at radius 2 is 2.12 bits per heavy atom. The standard InChI is InChI=1S/C18H31NO3S2/c1-3-5-8-15(16-11-14-23-24-16)9-6-10-17(20)19-12-7-13-22-18(21)4-2/h4,15-16H,2-3,5-14H2,1H3,(H,19,20). The van der Waals surface area contributed by atoms with E-state index >= 15 is 0 Å². The fraction of sp³-hybridized carbons (Fsp3) is 0.778. The zero-order valence-corrected chi connectivity index (χ0v) is 16.4. The van der Waals surface area contributed by atoms with Gasteiger partial charge in [-0.05, 0) is 38.0 Å². The summed E-state index contributed by atoms with van der Waals surface area (Å²) in [6.07, 6.45) is 9.66. The molecule has 0 aromatic rings. The normalized spacial score (nSPS) is 18.1. The molecule has 0 aromatic carbocycles. The first-order valence-corrected chi connectivity index (χ1v) is 11.4. The molecule has 0 spiro atoms. The molecule has 1 aliphatic heterocycles. The van der Waals surface area contributed by atoms with Gasteiger partial charge < -0.3 is 10.1 Å². The van der Waals surface area contributed by atoms with Crippen molar-refractivity contribution in [1.29, 1.82) is 0 Å². The van der Waals surface area contributed by atoms with E-state index in [9.17, 15) is 9.59 Å². The summed E-state index contributed by atoms with van der Waals surface area (Å²) in [6, 6.07) is 0. The lowest BCUT2D eigenvalue weighted by atomic mass is 9.91. The number of ether oxygens (including phenoxy) is 1. The van der Waals surface area contributed by atoms with E-state index in [0.29, 0.717) is 26.0 Å². The largest absolute Gasteiger partial charge is 0.462 e. The zero-order chi connectivity index (χ0) is 17.6. The highest BCUT2D eigenvalue weighted by Crippen LogP contribution is 2.44. The third-order valence-electron chi connectivity index (χ3n) is 4.16. The Morgan fingerprint density at radius 3 is 2.79 bits per heavy atom. The van der Waals surface area contributed by atoms with Crippen LogP contribution in [0.1, 0.15) is 58.3 Å². The highest BCUT2D eigenvalue weighted by Gasteiger charge is 2.25. The molecule has 6 heteroatoms. The maximum atomic E-state index is 11.9. The summed E-state index contributed by atoms with van der Waals surface area (Å²) in [7, 11) is 4.05. The van der Waals surface area contributed by atoms with Crippen molar-refractivity contribution in [3.05, 3.63) is 12.7 Å². The molecule has 1 aliphatic rings. The van der Waals surface area contributed by atoms with Crippen LogP contribution in [0.3, 0.4) is 0 Å². The molecule has 0 aromatic heterocycles. The second-order valence-corrected chi connectivity index (χ2v) is 8.84. The van der Waals surface area contributed by atoms with Gasteiger partial charge in [-0.15, -0.1) is 0 Å². The Kier molecular flexibility index (Phi) is 12.2. The topological polar surface area (TPSA) is 55.4 Å². The second kappa shape index (κ2) is 13.6. The van der Waals surface area contributed by atoms with Crippen molar-refractivity contribution in [1.82, 2.24) is 5.32 Å². The van der Waals surface area contributed by atoms with E-state index < -0.39 is 5.97 Å². The van der Waals surface area contributed by atoms with Gasteiger partial charge in [0.2, 0.25) is 5.91 Å². The highest BCUT2D eigenvalue weighted by molar-refractivity contribution is 8.77. The van der Waals surface area contributed by atoms with Crippen LogP contribution in [0.25, 0.3) is 0 Å². The van der Waals surface area contributed by atoms with Gasteiger partial charge in [-0.25, -0.2) is 4.79 Å². The van der Waals surface area contributed by atoms with E-state index in [1.165, 1.54) is 31.4 Å². The van der Waals surface area contributed by atoms with Gasteiger partial charge in [-0.2, -0.15) is 0 Å². The number of carbonyl (C=O) groups excluding carboxylic acids is 2. The van der Waals surface area contributed by atoms with Crippen molar-refractivity contribution in [2.24, 2.45) is 5.92 Å². The summed E-state index contributed by atoms with van der Waals surface area (Å²) < 4.78 is 4.87. The van der Waals surface area contributed by atoms with Gasteiger partial charge in [-0.3, -0.25) is 4.79 Å². The molecule has 2 unspecified atom stereocenters. The Bertz CT molecular complexity index is 384. The summed E-state index contributed by atoms with van der Waals surface area (Å²) in [5.74, 6) is 1.72. The molecule has 1 rings (SSSR count). The molecule has 4 nitrogen and oxygen atoms in total. The predicted octanol–water partition coefficient (Wildman–Crippen LogP) is 4.35. The molecular formula is C18H31NO3S2. The van der Waals surface area contributed by atoms with Crippen LogP contribution in [0, 0.1) is 5.92 Å². The average molecular weight is 374 g/mol. The van der Waals surface area contributed by atoms with Gasteiger partial charge in [0.25, 0.3) is 0 Å². The second-order valence-electron chi connectivity index (χ2n) is 6.11. The maximum absolute atomic E-state index is 11.9. The summed E-state index contributed by atoms with van der Waals surface area (Å²) in [6.45, 7) is 6.45. The predicted molar refractivity (Wildman–Crippen MR) is 104 cm³/mol. The molecule has 0 bridgehead atoms. The van der Waals surface area contributed by atoms with Gasteiger partial charge in [0, 0.05) is 30.0 Å². The van der Waals surface area contributed by atoms with Gasteiger partial charge in [0.05, 0.1) is 6.61 Å². The van der Waals surface area contributed by atoms with Crippen molar-refractivity contribution in [3.8, 4) is 0 Å². The number of hydrogen-bond acceptors (Lipinski definition) is 5. The van der Waals surface area contributed by atoms with Crippen LogP contribution < -0.4 is 5.32 Å². The Hall–Kier alpha value is -0.620. The lowest BCUT2D eigenvalue weighted by molar-refractivity contribution is -0.137. The van der Waals surface area contributed by atoms with Crippen molar-refractivity contribution >= 4 is 33.5 Å². The molecular weight excluding hydrogens is 342 g/mol. The number of amides is 1. The number of hydrogen-bond donors (Lipinski definition) is 1. The molecule has 24 heavy (non-hydrogen) atoms. The Balaban J connectivity index is 2.10. The summed E-state index contributed by atoms with van der Waals surface area (Å²) in [5, 5.41) is 3.68. The molecule has 2 atom stereocenters. The van der Waals surface area contributed by atoms with E-state index in [0.717, 1.165) is 30.1 Å². The molecule has 0 radical (unpaired) electrons. The van der Waals surface area contributed by atoms with Crippen LogP contribution in [-0.4, -0.2) is 36.0 Å². The molecule has 0 aliphatic carbocycles. The van der Waals surface area contributed by atoms with Gasteiger partial charge >= 0.3 is 5.97 Å².